The monoisotopic (exact) mass is 204 g/mol. The lowest BCUT2D eigenvalue weighted by molar-refractivity contribution is 0.133. The third-order valence-electron chi connectivity index (χ3n) is 3.03. The van der Waals surface area contributed by atoms with Crippen LogP contribution in [0, 0.1) is 0 Å². The van der Waals surface area contributed by atoms with E-state index in [1.54, 1.807) is 0 Å². The molecule has 1 aliphatic heterocycles. The predicted molar refractivity (Wildman–Crippen MR) is 63.4 cm³/mol. The highest BCUT2D eigenvalue weighted by atomic mass is 15.5. The van der Waals surface area contributed by atoms with Crippen LogP contribution in [0.2, 0.25) is 0 Å². The molecule has 1 aromatic carbocycles. The summed E-state index contributed by atoms with van der Waals surface area (Å²) >= 11 is 0. The van der Waals surface area contributed by atoms with Crippen molar-refractivity contribution in [2.45, 2.75) is 32.2 Å². The summed E-state index contributed by atoms with van der Waals surface area (Å²) in [5.41, 5.74) is 4.93. The lowest BCUT2D eigenvalue weighted by atomic mass is 10.1. The molecule has 15 heavy (non-hydrogen) atoms. The van der Waals surface area contributed by atoms with Crippen LogP contribution in [-0.2, 0) is 0 Å². The number of nitrogens with zero attached hydrogens (tertiary/aromatic N) is 1. The van der Waals surface area contributed by atoms with E-state index < -0.39 is 0 Å². The van der Waals surface area contributed by atoms with E-state index in [9.17, 15) is 0 Å². The fourth-order valence-electron chi connectivity index (χ4n) is 2.11. The number of piperidine rings is 1. The van der Waals surface area contributed by atoms with Crippen molar-refractivity contribution in [3.63, 3.8) is 0 Å². The van der Waals surface area contributed by atoms with Gasteiger partial charge in [0.1, 0.15) is 0 Å². The third-order valence-corrected chi connectivity index (χ3v) is 3.03. The molecular formula is C13H20N2. The second-order valence-corrected chi connectivity index (χ2v) is 4.31. The van der Waals surface area contributed by atoms with Gasteiger partial charge in [0.2, 0.25) is 0 Å². The Morgan fingerprint density at radius 2 is 1.73 bits per heavy atom. The Kier molecular flexibility index (Phi) is 3.75. The molecule has 0 aliphatic carbocycles. The summed E-state index contributed by atoms with van der Waals surface area (Å²) in [6, 6.07) is 11.1. The van der Waals surface area contributed by atoms with Crippen LogP contribution in [0.3, 0.4) is 0 Å². The maximum absolute atomic E-state index is 3.57. The zero-order valence-corrected chi connectivity index (χ0v) is 9.45. The largest absolute Gasteiger partial charge is 0.248 e. The van der Waals surface area contributed by atoms with E-state index in [1.165, 1.54) is 37.9 Å². The van der Waals surface area contributed by atoms with E-state index >= 15 is 0 Å². The summed E-state index contributed by atoms with van der Waals surface area (Å²) in [6.07, 6.45) is 4.04. The molecule has 0 radical (unpaired) electrons. The smallest absolute Gasteiger partial charge is 0.0436 e. The Labute approximate surface area is 92.3 Å². The Morgan fingerprint density at radius 1 is 1.07 bits per heavy atom. The Balaban J connectivity index is 1.88. The molecule has 1 heterocycles. The van der Waals surface area contributed by atoms with Gasteiger partial charge in [0.25, 0.3) is 0 Å². The van der Waals surface area contributed by atoms with Gasteiger partial charge in [0.05, 0.1) is 0 Å². The van der Waals surface area contributed by atoms with E-state index in [0.29, 0.717) is 6.04 Å². The molecule has 1 aliphatic rings. The molecule has 0 spiro atoms. The van der Waals surface area contributed by atoms with Crippen LogP contribution < -0.4 is 5.43 Å². The number of rotatable bonds is 3. The van der Waals surface area contributed by atoms with Gasteiger partial charge in [-0.25, -0.2) is 10.4 Å². The zero-order chi connectivity index (χ0) is 10.5. The molecule has 82 valence electrons. The first-order valence-corrected chi connectivity index (χ1v) is 5.92. The molecule has 1 aromatic rings. The Morgan fingerprint density at radius 3 is 2.40 bits per heavy atom. The average molecular weight is 204 g/mol. The van der Waals surface area contributed by atoms with Crippen molar-refractivity contribution in [3.8, 4) is 0 Å². The lowest BCUT2D eigenvalue weighted by Crippen LogP contribution is -2.42. The maximum atomic E-state index is 3.57. The van der Waals surface area contributed by atoms with Gasteiger partial charge < -0.3 is 0 Å². The molecule has 0 amide bonds. The summed E-state index contributed by atoms with van der Waals surface area (Å²) in [5, 5.41) is 2.36. The van der Waals surface area contributed by atoms with Crippen LogP contribution in [-0.4, -0.2) is 18.1 Å². The van der Waals surface area contributed by atoms with Crippen LogP contribution in [0.4, 0.5) is 0 Å². The van der Waals surface area contributed by atoms with Crippen LogP contribution in [0.5, 0.6) is 0 Å². The van der Waals surface area contributed by atoms with Crippen molar-refractivity contribution in [2.75, 3.05) is 13.1 Å². The maximum Gasteiger partial charge on any atom is 0.0436 e. The van der Waals surface area contributed by atoms with Crippen LogP contribution in [0.1, 0.15) is 37.8 Å². The number of benzene rings is 1. The second kappa shape index (κ2) is 5.29. The van der Waals surface area contributed by atoms with Gasteiger partial charge >= 0.3 is 0 Å². The fraction of sp³-hybridized carbons (Fsp3) is 0.538. The van der Waals surface area contributed by atoms with Gasteiger partial charge in [-0.15, -0.1) is 0 Å². The summed E-state index contributed by atoms with van der Waals surface area (Å²) in [5.74, 6) is 0. The van der Waals surface area contributed by atoms with Gasteiger partial charge in [-0.05, 0) is 25.3 Å². The van der Waals surface area contributed by atoms with Crippen LogP contribution in [0.15, 0.2) is 30.3 Å². The van der Waals surface area contributed by atoms with Crippen LogP contribution >= 0.6 is 0 Å². The SMILES string of the molecule is CC(NN1CCCCC1)c1ccccc1. The Hall–Kier alpha value is -0.860. The second-order valence-electron chi connectivity index (χ2n) is 4.31. The van der Waals surface area contributed by atoms with Crippen LogP contribution in [0.25, 0.3) is 0 Å². The summed E-state index contributed by atoms with van der Waals surface area (Å²) in [6.45, 7) is 4.61. The number of hydrazine groups is 1. The average Bonchev–Trinajstić information content (AvgIpc) is 2.31. The number of hydrogen-bond acceptors (Lipinski definition) is 2. The quantitative estimate of drug-likeness (QED) is 0.814. The van der Waals surface area contributed by atoms with Gasteiger partial charge in [-0.1, -0.05) is 36.8 Å². The Bertz CT molecular complexity index is 278. The fourth-order valence-corrected chi connectivity index (χ4v) is 2.11. The first-order valence-electron chi connectivity index (χ1n) is 5.92. The highest BCUT2D eigenvalue weighted by Crippen LogP contribution is 2.14. The summed E-state index contributed by atoms with van der Waals surface area (Å²) < 4.78 is 0. The van der Waals surface area contributed by atoms with Crippen molar-refractivity contribution in [1.29, 1.82) is 0 Å². The normalized spacial score (nSPS) is 20.1. The molecule has 2 nitrogen and oxygen atoms in total. The standard InChI is InChI=1S/C13H20N2/c1-12(13-8-4-2-5-9-13)14-15-10-6-3-7-11-15/h2,4-5,8-9,12,14H,3,6-7,10-11H2,1H3. The highest BCUT2D eigenvalue weighted by Gasteiger charge is 2.12. The molecule has 0 bridgehead atoms. The molecule has 1 atom stereocenters. The van der Waals surface area contributed by atoms with E-state index in [0.717, 1.165) is 0 Å². The molecular weight excluding hydrogens is 184 g/mol. The summed E-state index contributed by atoms with van der Waals surface area (Å²) in [4.78, 5) is 0. The minimum absolute atomic E-state index is 0.421. The molecule has 1 fully saturated rings. The predicted octanol–water partition coefficient (Wildman–Crippen LogP) is 2.74. The van der Waals surface area contributed by atoms with Crippen molar-refractivity contribution < 1.29 is 0 Å². The molecule has 1 saturated heterocycles. The highest BCUT2D eigenvalue weighted by molar-refractivity contribution is 5.17. The van der Waals surface area contributed by atoms with Crippen molar-refractivity contribution in [2.24, 2.45) is 0 Å². The van der Waals surface area contributed by atoms with Crippen molar-refractivity contribution >= 4 is 0 Å². The van der Waals surface area contributed by atoms with Gasteiger partial charge in [-0.3, -0.25) is 0 Å². The molecule has 2 heteroatoms. The number of hydrogen-bond donors (Lipinski definition) is 1. The van der Waals surface area contributed by atoms with Gasteiger partial charge in [0, 0.05) is 19.1 Å². The zero-order valence-electron chi connectivity index (χ0n) is 9.45. The van der Waals surface area contributed by atoms with Gasteiger partial charge in [-0.2, -0.15) is 0 Å². The molecule has 1 N–H and O–H groups in total. The number of nitrogens with one attached hydrogen (secondary N) is 1. The molecule has 0 aromatic heterocycles. The van der Waals surface area contributed by atoms with E-state index in [2.05, 4.69) is 47.7 Å². The van der Waals surface area contributed by atoms with Crippen molar-refractivity contribution in [1.82, 2.24) is 10.4 Å². The summed E-state index contributed by atoms with van der Waals surface area (Å²) in [7, 11) is 0. The minimum Gasteiger partial charge on any atom is -0.248 e. The first-order chi connectivity index (χ1) is 7.36. The first kappa shape index (κ1) is 10.7. The molecule has 1 unspecified atom stereocenters. The molecule has 0 saturated carbocycles. The topological polar surface area (TPSA) is 15.3 Å². The van der Waals surface area contributed by atoms with Gasteiger partial charge in [0.15, 0.2) is 0 Å². The van der Waals surface area contributed by atoms with E-state index in [1.807, 2.05) is 0 Å². The minimum atomic E-state index is 0.421. The molecule has 2 rings (SSSR count). The van der Waals surface area contributed by atoms with Crippen molar-refractivity contribution in [3.05, 3.63) is 35.9 Å². The van der Waals surface area contributed by atoms with E-state index in [4.69, 9.17) is 0 Å². The lowest BCUT2D eigenvalue weighted by Gasteiger charge is -2.30. The van der Waals surface area contributed by atoms with E-state index in [-0.39, 0.29) is 0 Å². The third kappa shape index (κ3) is 3.05.